The highest BCUT2D eigenvalue weighted by Gasteiger charge is 2.56. The molecule has 0 saturated carbocycles. The number of pyridine rings is 1. The molecule has 0 radical (unpaired) electrons. The lowest BCUT2D eigenvalue weighted by molar-refractivity contribution is -0.145. The summed E-state index contributed by atoms with van der Waals surface area (Å²) in [5, 5.41) is 0. The molecule has 1 aromatic heterocycles. The topological polar surface area (TPSA) is 54.6 Å². The number of hydrogen-bond donors (Lipinski definition) is 0. The van der Waals surface area contributed by atoms with Gasteiger partial charge in [-0.2, -0.15) is 0 Å². The number of aromatic nitrogens is 1. The highest BCUT2D eigenvalue weighted by Crippen LogP contribution is 2.49. The summed E-state index contributed by atoms with van der Waals surface area (Å²) in [7, 11) is 0. The van der Waals surface area contributed by atoms with E-state index in [1.54, 1.807) is 18.5 Å². The van der Waals surface area contributed by atoms with Gasteiger partial charge in [0.25, 0.3) is 0 Å². The van der Waals surface area contributed by atoms with Crippen molar-refractivity contribution in [2.75, 3.05) is 6.54 Å². The van der Waals surface area contributed by atoms with Crippen LogP contribution in [0.15, 0.2) is 66.6 Å². The summed E-state index contributed by atoms with van der Waals surface area (Å²) in [6, 6.07) is 13.4. The molecule has 1 saturated heterocycles. The van der Waals surface area contributed by atoms with Crippen molar-refractivity contribution in [1.29, 1.82) is 0 Å². The van der Waals surface area contributed by atoms with Gasteiger partial charge in [0.05, 0.1) is 12.0 Å². The smallest absolute Gasteiger partial charge is 0.236 e. The summed E-state index contributed by atoms with van der Waals surface area (Å²) in [6.07, 6.45) is 5.81. The van der Waals surface area contributed by atoms with Crippen LogP contribution >= 0.6 is 0 Å². The fourth-order valence-corrected chi connectivity index (χ4v) is 4.64. The van der Waals surface area contributed by atoms with Gasteiger partial charge in [-0.3, -0.25) is 9.78 Å². The normalized spacial score (nSPS) is 27.0. The van der Waals surface area contributed by atoms with Gasteiger partial charge < -0.3 is 9.69 Å². The average Bonchev–Trinajstić information content (AvgIpc) is 2.74. The van der Waals surface area contributed by atoms with Crippen molar-refractivity contribution in [3.63, 3.8) is 0 Å². The zero-order valence-electron chi connectivity index (χ0n) is 15.7. The van der Waals surface area contributed by atoms with E-state index in [1.165, 1.54) is 0 Å². The van der Waals surface area contributed by atoms with Crippen molar-refractivity contribution < 1.29 is 9.59 Å². The van der Waals surface area contributed by atoms with Gasteiger partial charge in [-0.05, 0) is 35.6 Å². The van der Waals surface area contributed by atoms with Crippen LogP contribution in [0.4, 0.5) is 0 Å². The zero-order chi connectivity index (χ0) is 19.7. The van der Waals surface area contributed by atoms with E-state index in [0.717, 1.165) is 17.5 Å². The lowest BCUT2D eigenvalue weighted by Gasteiger charge is -2.50. The molecule has 2 heterocycles. The molecule has 0 N–H and O–H groups in total. The third kappa shape index (κ3) is 2.73. The van der Waals surface area contributed by atoms with Gasteiger partial charge in [0.15, 0.2) is 5.78 Å². The Labute approximate surface area is 164 Å². The van der Waals surface area contributed by atoms with Crippen molar-refractivity contribution in [1.82, 2.24) is 9.88 Å². The second-order valence-corrected chi connectivity index (χ2v) is 7.51. The molecule has 1 aromatic carbocycles. The molecular weight excluding hydrogens is 350 g/mol. The van der Waals surface area contributed by atoms with Gasteiger partial charge in [-0.15, -0.1) is 0 Å². The number of amides is 1. The Balaban J connectivity index is 1.84. The first-order chi connectivity index (χ1) is 13.6. The van der Waals surface area contributed by atoms with E-state index < -0.39 is 5.41 Å². The number of piperidine rings is 1. The fourth-order valence-electron chi connectivity index (χ4n) is 4.64. The molecular formula is C23H21N3O2. The summed E-state index contributed by atoms with van der Waals surface area (Å²) in [4.78, 5) is 35.9. The van der Waals surface area contributed by atoms with E-state index in [4.69, 9.17) is 6.57 Å². The number of fused-ring (bicyclic) bond motifs is 1. The molecule has 1 amide bonds. The van der Waals surface area contributed by atoms with Gasteiger partial charge in [0, 0.05) is 31.4 Å². The Morgan fingerprint density at radius 1 is 1.18 bits per heavy atom. The molecule has 1 fully saturated rings. The fraction of sp³-hybridized carbons (Fsp3) is 0.304. The monoisotopic (exact) mass is 371 g/mol. The molecule has 1 aliphatic heterocycles. The predicted molar refractivity (Wildman–Crippen MR) is 105 cm³/mol. The largest absolute Gasteiger partial charge is 0.337 e. The van der Waals surface area contributed by atoms with Gasteiger partial charge >= 0.3 is 0 Å². The maximum absolute atomic E-state index is 13.9. The highest BCUT2D eigenvalue weighted by atomic mass is 16.2. The Bertz CT molecular complexity index is 978. The molecule has 0 spiro atoms. The van der Waals surface area contributed by atoms with E-state index >= 15 is 0 Å². The standard InChI is InChI=1S/C23H21N3O2/c1-16-19-10-13-26(15-17-8-11-25-12-9-17)22(28)23(19,14-20(24-2)21(16)27)18-6-4-3-5-7-18/h3-9,11-12,14,16,19H,10,13,15H2,1H3/t16-,19-,23+/m0/s1. The minimum atomic E-state index is -0.972. The first kappa shape index (κ1) is 18.1. The summed E-state index contributed by atoms with van der Waals surface area (Å²) in [6.45, 7) is 10.4. The molecule has 2 aromatic rings. The van der Waals surface area contributed by atoms with Gasteiger partial charge in [0.2, 0.25) is 11.6 Å². The second kappa shape index (κ2) is 7.05. The Morgan fingerprint density at radius 3 is 2.57 bits per heavy atom. The molecule has 5 heteroatoms. The number of likely N-dealkylation sites (tertiary alicyclic amines) is 1. The third-order valence-electron chi connectivity index (χ3n) is 6.06. The van der Waals surface area contributed by atoms with Crippen LogP contribution in [0.2, 0.25) is 0 Å². The lowest BCUT2D eigenvalue weighted by Crippen LogP contribution is -2.59. The van der Waals surface area contributed by atoms with E-state index in [2.05, 4.69) is 9.83 Å². The number of carbonyl (C=O) groups is 2. The Kier molecular flexibility index (Phi) is 4.56. The maximum atomic E-state index is 13.9. The Morgan fingerprint density at radius 2 is 1.89 bits per heavy atom. The van der Waals surface area contributed by atoms with Crippen LogP contribution in [0.5, 0.6) is 0 Å². The van der Waals surface area contributed by atoms with Gasteiger partial charge in [0.1, 0.15) is 0 Å². The molecule has 4 rings (SSSR count). The van der Waals surface area contributed by atoms with E-state index in [0.29, 0.717) is 13.1 Å². The first-order valence-electron chi connectivity index (χ1n) is 9.46. The zero-order valence-corrected chi connectivity index (χ0v) is 15.7. The molecule has 140 valence electrons. The molecule has 1 aliphatic carbocycles. The summed E-state index contributed by atoms with van der Waals surface area (Å²) >= 11 is 0. The number of benzene rings is 1. The average molecular weight is 371 g/mol. The highest BCUT2D eigenvalue weighted by molar-refractivity contribution is 6.04. The van der Waals surface area contributed by atoms with Crippen LogP contribution in [0.1, 0.15) is 24.5 Å². The molecule has 3 atom stereocenters. The quantitative estimate of drug-likeness (QED) is 0.777. The van der Waals surface area contributed by atoms with Crippen LogP contribution in [0, 0.1) is 18.4 Å². The molecule has 2 aliphatic rings. The Hall–Kier alpha value is -3.26. The maximum Gasteiger partial charge on any atom is 0.236 e. The number of allylic oxidation sites excluding steroid dienone is 1. The number of hydrogen-bond acceptors (Lipinski definition) is 3. The summed E-state index contributed by atoms with van der Waals surface area (Å²) in [5.74, 6) is -0.690. The van der Waals surface area contributed by atoms with Crippen LogP contribution in [0.3, 0.4) is 0 Å². The SMILES string of the molecule is [C-]#[N+]C1=C[C@]2(c3ccccc3)C(=O)N(Cc3ccncc3)CC[C@H]2[C@H](C)C1=O. The van der Waals surface area contributed by atoms with E-state index in [1.807, 2.05) is 54.3 Å². The predicted octanol–water partition coefficient (Wildman–Crippen LogP) is 3.39. The summed E-state index contributed by atoms with van der Waals surface area (Å²) < 4.78 is 0. The van der Waals surface area contributed by atoms with Crippen LogP contribution < -0.4 is 0 Å². The minimum absolute atomic E-state index is 0.0349. The number of Topliss-reactive ketones (excluding diaryl/α,β-unsaturated/α-hetero) is 1. The molecule has 0 unspecified atom stereocenters. The first-order valence-corrected chi connectivity index (χ1v) is 9.46. The van der Waals surface area contributed by atoms with Crippen molar-refractivity contribution in [2.24, 2.45) is 11.8 Å². The van der Waals surface area contributed by atoms with Gasteiger partial charge in [-0.25, -0.2) is 4.85 Å². The molecule has 0 bridgehead atoms. The van der Waals surface area contributed by atoms with Gasteiger partial charge in [-0.1, -0.05) is 43.3 Å². The minimum Gasteiger partial charge on any atom is -0.337 e. The number of nitrogens with zero attached hydrogens (tertiary/aromatic N) is 3. The number of rotatable bonds is 3. The van der Waals surface area contributed by atoms with Crippen molar-refractivity contribution in [3.05, 3.63) is 89.2 Å². The lowest BCUT2D eigenvalue weighted by atomic mass is 9.58. The number of carbonyl (C=O) groups excluding carboxylic acids is 2. The summed E-state index contributed by atoms with van der Waals surface area (Å²) in [5.41, 5.74) is 0.968. The van der Waals surface area contributed by atoms with Crippen LogP contribution in [-0.4, -0.2) is 28.1 Å². The van der Waals surface area contributed by atoms with Crippen molar-refractivity contribution in [2.45, 2.75) is 25.3 Å². The van der Waals surface area contributed by atoms with Crippen LogP contribution in [-0.2, 0) is 21.5 Å². The molecule has 28 heavy (non-hydrogen) atoms. The van der Waals surface area contributed by atoms with E-state index in [9.17, 15) is 9.59 Å². The second-order valence-electron chi connectivity index (χ2n) is 7.51. The number of ketones is 1. The van der Waals surface area contributed by atoms with Crippen LogP contribution in [0.25, 0.3) is 4.85 Å². The third-order valence-corrected chi connectivity index (χ3v) is 6.06. The molecule has 5 nitrogen and oxygen atoms in total. The van der Waals surface area contributed by atoms with E-state index in [-0.39, 0.29) is 29.2 Å². The van der Waals surface area contributed by atoms with Crippen molar-refractivity contribution >= 4 is 11.7 Å². The van der Waals surface area contributed by atoms with Crippen molar-refractivity contribution in [3.8, 4) is 0 Å².